The topological polar surface area (TPSA) is 64.1 Å². The van der Waals surface area contributed by atoms with Gasteiger partial charge < -0.3 is 10.1 Å². The fourth-order valence-corrected chi connectivity index (χ4v) is 3.62. The van der Waals surface area contributed by atoms with Crippen LogP contribution in [0.4, 0.5) is 13.2 Å². The van der Waals surface area contributed by atoms with Crippen LogP contribution in [0.3, 0.4) is 0 Å². The first-order valence-corrected chi connectivity index (χ1v) is 11.0. The molecule has 1 amide bonds. The fourth-order valence-electron chi connectivity index (χ4n) is 3.50. The van der Waals surface area contributed by atoms with Crippen molar-refractivity contribution in [1.29, 1.82) is 0 Å². The van der Waals surface area contributed by atoms with E-state index in [1.54, 1.807) is 0 Å². The summed E-state index contributed by atoms with van der Waals surface area (Å²) in [7, 11) is 0. The number of benzene rings is 2. The van der Waals surface area contributed by atoms with E-state index in [9.17, 15) is 18.0 Å². The summed E-state index contributed by atoms with van der Waals surface area (Å²) in [6, 6.07) is 17.6. The van der Waals surface area contributed by atoms with Gasteiger partial charge in [-0.05, 0) is 50.5 Å². The summed E-state index contributed by atoms with van der Waals surface area (Å²) in [5.74, 6) is -0.891. The van der Waals surface area contributed by atoms with Gasteiger partial charge in [0.25, 0.3) is 5.91 Å². The number of nitrogens with zero attached hydrogens (tertiary/aromatic N) is 2. The normalized spacial score (nSPS) is 13.7. The standard InChI is InChI=1S/C25H25ClF3N3O2/c1-16(20(18-7-5-4-6-8-18)13-17-9-11-19(26)12-10-17)32-23(33)24(2,3)34-22-14-21(25(27,28)29)30-15-31-22/h4-12,14-16,20H,13H2,1-3H3,(H,32,33)/t16-,20?/m0/s1. The van der Waals surface area contributed by atoms with Gasteiger partial charge in [0.2, 0.25) is 5.88 Å². The molecule has 180 valence electrons. The number of carbonyl (C=O) groups excluding carboxylic acids is 1. The second-order valence-electron chi connectivity index (χ2n) is 8.46. The Balaban J connectivity index is 1.76. The molecule has 34 heavy (non-hydrogen) atoms. The summed E-state index contributed by atoms with van der Waals surface area (Å²) in [6.07, 6.45) is -3.25. The first-order valence-electron chi connectivity index (χ1n) is 10.6. The number of amides is 1. The molecule has 3 rings (SSSR count). The van der Waals surface area contributed by atoms with Gasteiger partial charge in [-0.2, -0.15) is 13.2 Å². The number of nitrogens with one attached hydrogen (secondary N) is 1. The minimum Gasteiger partial charge on any atom is -0.461 e. The summed E-state index contributed by atoms with van der Waals surface area (Å²) in [5.41, 5.74) is -0.535. The molecule has 0 spiro atoms. The van der Waals surface area contributed by atoms with Gasteiger partial charge in [-0.15, -0.1) is 0 Å². The van der Waals surface area contributed by atoms with Crippen molar-refractivity contribution in [3.63, 3.8) is 0 Å². The van der Waals surface area contributed by atoms with Crippen molar-refractivity contribution in [3.8, 4) is 5.88 Å². The first-order chi connectivity index (χ1) is 16.0. The van der Waals surface area contributed by atoms with Crippen LogP contribution in [0.5, 0.6) is 5.88 Å². The van der Waals surface area contributed by atoms with Gasteiger partial charge >= 0.3 is 6.18 Å². The number of alkyl halides is 3. The molecular weight excluding hydrogens is 467 g/mol. The van der Waals surface area contributed by atoms with Crippen molar-refractivity contribution in [1.82, 2.24) is 15.3 Å². The van der Waals surface area contributed by atoms with Crippen molar-refractivity contribution in [2.45, 2.75) is 50.9 Å². The van der Waals surface area contributed by atoms with Crippen LogP contribution in [0, 0.1) is 0 Å². The zero-order valence-corrected chi connectivity index (χ0v) is 19.7. The Bertz CT molecular complexity index is 1110. The van der Waals surface area contributed by atoms with Gasteiger partial charge in [0.05, 0.1) is 0 Å². The Morgan fingerprint density at radius 3 is 2.32 bits per heavy atom. The van der Waals surface area contributed by atoms with E-state index in [2.05, 4.69) is 15.3 Å². The molecule has 0 aliphatic rings. The van der Waals surface area contributed by atoms with Gasteiger partial charge in [-0.25, -0.2) is 9.97 Å². The van der Waals surface area contributed by atoms with Crippen LogP contribution in [-0.4, -0.2) is 27.5 Å². The van der Waals surface area contributed by atoms with Gasteiger partial charge in [-0.3, -0.25) is 4.79 Å². The number of rotatable bonds is 8. The van der Waals surface area contributed by atoms with Crippen molar-refractivity contribution in [2.75, 3.05) is 0 Å². The Morgan fingerprint density at radius 1 is 1.06 bits per heavy atom. The molecule has 3 aromatic rings. The SMILES string of the molecule is C[C@H](NC(=O)C(C)(C)Oc1cc(C(F)(F)F)ncn1)C(Cc1ccc(Cl)cc1)c1ccccc1. The monoisotopic (exact) mass is 491 g/mol. The number of halogens is 4. The molecule has 0 saturated carbocycles. The number of aromatic nitrogens is 2. The zero-order valence-electron chi connectivity index (χ0n) is 18.9. The molecule has 2 atom stereocenters. The third-order valence-electron chi connectivity index (χ3n) is 5.40. The van der Waals surface area contributed by atoms with Crippen LogP contribution in [0.25, 0.3) is 0 Å². The molecular formula is C25H25ClF3N3O2. The Kier molecular flexibility index (Phi) is 7.82. The first kappa shape index (κ1) is 25.5. The maximum atomic E-state index is 13.1. The average molecular weight is 492 g/mol. The minimum absolute atomic E-state index is 0.0713. The van der Waals surface area contributed by atoms with Crippen molar-refractivity contribution < 1.29 is 22.7 Å². The molecule has 0 aliphatic carbocycles. The largest absolute Gasteiger partial charge is 0.461 e. The van der Waals surface area contributed by atoms with Crippen LogP contribution < -0.4 is 10.1 Å². The van der Waals surface area contributed by atoms with E-state index >= 15 is 0 Å². The zero-order chi connectivity index (χ0) is 24.9. The van der Waals surface area contributed by atoms with Gasteiger partial charge in [0.1, 0.15) is 6.33 Å². The summed E-state index contributed by atoms with van der Waals surface area (Å²) in [6.45, 7) is 4.83. The number of ether oxygens (including phenoxy) is 1. The Hall–Kier alpha value is -3.13. The summed E-state index contributed by atoms with van der Waals surface area (Å²) in [4.78, 5) is 20.0. The van der Waals surface area contributed by atoms with E-state index in [0.717, 1.165) is 17.5 Å². The molecule has 0 saturated heterocycles. The highest BCUT2D eigenvalue weighted by Crippen LogP contribution is 2.30. The van der Waals surface area contributed by atoms with Gasteiger partial charge in [0.15, 0.2) is 11.3 Å². The summed E-state index contributed by atoms with van der Waals surface area (Å²) < 4.78 is 44.4. The molecule has 2 aromatic carbocycles. The maximum Gasteiger partial charge on any atom is 0.433 e. The molecule has 0 aliphatic heterocycles. The van der Waals surface area contributed by atoms with Crippen molar-refractivity contribution in [2.24, 2.45) is 0 Å². The third-order valence-corrected chi connectivity index (χ3v) is 5.65. The highest BCUT2D eigenvalue weighted by Gasteiger charge is 2.36. The van der Waals surface area contributed by atoms with Crippen molar-refractivity contribution in [3.05, 3.63) is 88.8 Å². The summed E-state index contributed by atoms with van der Waals surface area (Å²) in [5, 5.41) is 3.60. The highest BCUT2D eigenvalue weighted by atomic mass is 35.5. The predicted octanol–water partition coefficient (Wildman–Crippen LogP) is 5.84. The highest BCUT2D eigenvalue weighted by molar-refractivity contribution is 6.30. The maximum absolute atomic E-state index is 13.1. The van der Waals surface area contributed by atoms with E-state index < -0.39 is 23.4 Å². The van der Waals surface area contributed by atoms with E-state index in [-0.39, 0.29) is 17.8 Å². The Morgan fingerprint density at radius 2 is 1.71 bits per heavy atom. The molecule has 5 nitrogen and oxygen atoms in total. The molecule has 9 heteroatoms. The second-order valence-corrected chi connectivity index (χ2v) is 8.90. The predicted molar refractivity (Wildman–Crippen MR) is 124 cm³/mol. The smallest absolute Gasteiger partial charge is 0.433 e. The van der Waals surface area contributed by atoms with Crippen LogP contribution in [-0.2, 0) is 17.4 Å². The van der Waals surface area contributed by atoms with E-state index in [1.165, 1.54) is 13.8 Å². The Labute approximate surface area is 201 Å². The lowest BCUT2D eigenvalue weighted by atomic mass is 9.86. The van der Waals surface area contributed by atoms with Crippen LogP contribution >= 0.6 is 11.6 Å². The van der Waals surface area contributed by atoms with Crippen LogP contribution in [0.2, 0.25) is 5.02 Å². The molecule has 0 fully saturated rings. The lowest BCUT2D eigenvalue weighted by molar-refractivity contribution is -0.141. The quantitative estimate of drug-likeness (QED) is 0.430. The van der Waals surface area contributed by atoms with Crippen LogP contribution in [0.1, 0.15) is 43.5 Å². The number of hydrogen-bond donors (Lipinski definition) is 1. The molecule has 0 bridgehead atoms. The molecule has 1 heterocycles. The van der Waals surface area contributed by atoms with Gasteiger partial charge in [0, 0.05) is 23.0 Å². The second kappa shape index (κ2) is 10.4. The van der Waals surface area contributed by atoms with E-state index in [1.807, 2.05) is 61.5 Å². The lowest BCUT2D eigenvalue weighted by Gasteiger charge is -2.30. The van der Waals surface area contributed by atoms with E-state index in [0.29, 0.717) is 17.5 Å². The van der Waals surface area contributed by atoms with Crippen LogP contribution in [0.15, 0.2) is 67.0 Å². The average Bonchev–Trinajstić information content (AvgIpc) is 2.78. The summed E-state index contributed by atoms with van der Waals surface area (Å²) >= 11 is 6.01. The minimum atomic E-state index is -4.65. The lowest BCUT2D eigenvalue weighted by Crippen LogP contribution is -2.51. The molecule has 1 unspecified atom stereocenters. The molecule has 0 radical (unpaired) electrons. The van der Waals surface area contributed by atoms with E-state index in [4.69, 9.17) is 16.3 Å². The van der Waals surface area contributed by atoms with Gasteiger partial charge in [-0.1, -0.05) is 54.1 Å². The molecule has 1 N–H and O–H groups in total. The number of hydrogen-bond acceptors (Lipinski definition) is 4. The molecule has 1 aromatic heterocycles. The van der Waals surface area contributed by atoms with Crippen molar-refractivity contribution >= 4 is 17.5 Å². The number of carbonyl (C=O) groups is 1. The third kappa shape index (κ3) is 6.70. The fraction of sp³-hybridized carbons (Fsp3) is 0.320.